The largest absolute Gasteiger partial charge is 0.333 e. The molecule has 0 bridgehead atoms. The minimum atomic E-state index is -4.09. The summed E-state index contributed by atoms with van der Waals surface area (Å²) in [5.74, 6) is 0.317. The van der Waals surface area contributed by atoms with Gasteiger partial charge in [-0.25, -0.2) is 27.9 Å². The number of amides is 2. The zero-order valence-electron chi connectivity index (χ0n) is 38.8. The topological polar surface area (TPSA) is 207 Å². The molecule has 64 heavy (non-hydrogen) atoms. The van der Waals surface area contributed by atoms with Gasteiger partial charge in [-0.3, -0.25) is 9.36 Å². The lowest BCUT2D eigenvalue weighted by Gasteiger charge is -2.16. The Balaban J connectivity index is 0.000000178. The Bertz CT molecular complexity index is 2560. The molecule has 2 heterocycles. The van der Waals surface area contributed by atoms with Crippen molar-refractivity contribution >= 4 is 43.5 Å². The van der Waals surface area contributed by atoms with Crippen LogP contribution in [0.15, 0.2) is 39.3 Å². The van der Waals surface area contributed by atoms with Gasteiger partial charge in [0.2, 0.25) is 6.08 Å². The van der Waals surface area contributed by atoms with E-state index in [-0.39, 0.29) is 21.9 Å². The van der Waals surface area contributed by atoms with E-state index in [1.807, 2.05) is 65.7 Å². The number of carbonyl (C=O) groups excluding carboxylic acids is 2. The lowest BCUT2D eigenvalue weighted by molar-refractivity contribution is 0.256. The van der Waals surface area contributed by atoms with E-state index < -0.39 is 26.1 Å². The monoisotopic (exact) mass is 918 g/mol. The van der Waals surface area contributed by atoms with Crippen molar-refractivity contribution in [3.05, 3.63) is 80.2 Å². The Labute approximate surface area is 379 Å². The van der Waals surface area contributed by atoms with Gasteiger partial charge in [0.15, 0.2) is 10.1 Å². The summed E-state index contributed by atoms with van der Waals surface area (Å²) in [5, 5.41) is 16.1. The average Bonchev–Trinajstić information content (AvgIpc) is 4.06. The number of hydrogen-bond donors (Lipinski definition) is 3. The van der Waals surface area contributed by atoms with E-state index in [1.165, 1.54) is 46.2 Å². The van der Waals surface area contributed by atoms with Crippen molar-refractivity contribution in [2.75, 3.05) is 46.6 Å². The van der Waals surface area contributed by atoms with Crippen molar-refractivity contribution in [1.82, 2.24) is 34.1 Å². The number of isocyanates is 1. The first-order valence-corrected chi connectivity index (χ1v) is 25.5. The van der Waals surface area contributed by atoms with Gasteiger partial charge in [-0.2, -0.15) is 23.6 Å². The van der Waals surface area contributed by atoms with E-state index in [0.29, 0.717) is 13.1 Å². The number of anilines is 1. The summed E-state index contributed by atoms with van der Waals surface area (Å²) in [4.78, 5) is 31.3. The van der Waals surface area contributed by atoms with E-state index in [4.69, 9.17) is 5.14 Å². The van der Waals surface area contributed by atoms with Gasteiger partial charge in [0, 0.05) is 42.3 Å². The Morgan fingerprint density at radius 3 is 1.50 bits per heavy atom. The highest BCUT2D eigenvalue weighted by atomic mass is 32.2. The molecule has 8 rings (SSSR count). The highest BCUT2D eigenvalue weighted by molar-refractivity contribution is 7.90. The van der Waals surface area contributed by atoms with Crippen LogP contribution in [0.1, 0.15) is 121 Å². The summed E-state index contributed by atoms with van der Waals surface area (Å²) in [6.07, 6.45) is 14.6. The second kappa shape index (κ2) is 20.6. The van der Waals surface area contributed by atoms with Crippen LogP contribution in [0.3, 0.4) is 0 Å². The molecule has 4 N–H and O–H groups in total. The molecule has 0 aliphatic heterocycles. The summed E-state index contributed by atoms with van der Waals surface area (Å²) >= 11 is 0. The third-order valence-corrected chi connectivity index (χ3v) is 14.4. The number of nitrogens with one attached hydrogen (secondary N) is 2. The molecule has 0 unspecified atom stereocenters. The van der Waals surface area contributed by atoms with Crippen LogP contribution in [0.25, 0.3) is 0 Å². The van der Waals surface area contributed by atoms with Crippen molar-refractivity contribution in [2.24, 2.45) is 10.1 Å². The van der Waals surface area contributed by atoms with Crippen molar-refractivity contribution < 1.29 is 26.4 Å². The molecule has 0 radical (unpaired) electrons. The fourth-order valence-corrected chi connectivity index (χ4v) is 10.6. The number of carbonyl (C=O) groups is 1. The molecule has 0 saturated carbocycles. The van der Waals surface area contributed by atoms with Gasteiger partial charge in [-0.05, 0) is 162 Å². The first-order valence-electron chi connectivity index (χ1n) is 22.5. The number of aliphatic imine (C=N–C) groups is 1. The number of primary sulfonamides is 1. The zero-order valence-corrected chi connectivity index (χ0v) is 40.4. The van der Waals surface area contributed by atoms with Crippen molar-refractivity contribution in [1.29, 1.82) is 0 Å². The van der Waals surface area contributed by atoms with Crippen LogP contribution in [0.5, 0.6) is 0 Å². The first kappa shape index (κ1) is 48.7. The molecular formula is C46H66N10O6S2. The molecule has 4 aliphatic carbocycles. The standard InChI is InChI=1S/C23H33N5O3S.C13H13NO.C10H20N4O2S/c1-15(2)20-14-21(25-28(20)12-11-27(3)4)32(30,31)26-23(29)24-22-18-9-5-7-16(18)13-17-8-6-10-19(17)22;15-8-14-13-11-5-1-3-9(11)7-10-4-2-6-12(10)13;1-8(2)9-7-10(17(11,15)16)12-14(9)6-5-13(3)4/h13-15H,5-12H2,1-4H3,(H2,24,26,29);7H,1-6H2;7-8H,5-6H2,1-4H3,(H2,11,15,16). The number of nitrogens with two attached hydrogens (primary N) is 1. The normalized spacial score (nSPS) is 15.0. The SMILES string of the molecule is CC(C)c1cc(S(=O)(=O)NC(=O)Nc2c3c(cc4c2CCC4)CCC3)nn1CCN(C)C.CC(C)c1cc(S(N)(=O)=O)nn1CCN(C)C.O=C=Nc1c2c(cc3c1CCC3)CCC2. The summed E-state index contributed by atoms with van der Waals surface area (Å²) < 4.78 is 54.1. The van der Waals surface area contributed by atoms with E-state index in [9.17, 15) is 26.4 Å². The van der Waals surface area contributed by atoms with E-state index in [1.54, 1.807) is 27.6 Å². The summed E-state index contributed by atoms with van der Waals surface area (Å²) in [6, 6.07) is 7.00. The van der Waals surface area contributed by atoms with Gasteiger partial charge in [0.25, 0.3) is 20.0 Å². The smallest absolute Gasteiger partial charge is 0.308 e. The number of benzene rings is 2. The molecule has 4 aromatic rings. The zero-order chi connectivity index (χ0) is 46.5. The maximum atomic E-state index is 13.0. The Morgan fingerprint density at radius 1 is 0.688 bits per heavy atom. The lowest BCUT2D eigenvalue weighted by Crippen LogP contribution is -2.35. The molecule has 16 nitrogen and oxygen atoms in total. The Hall–Kier alpha value is -4.71. The highest BCUT2D eigenvalue weighted by Crippen LogP contribution is 2.40. The third kappa shape index (κ3) is 11.6. The number of aryl methyl sites for hydroxylation is 4. The molecule has 2 amide bonds. The number of nitrogens with zero attached hydrogens (tertiary/aromatic N) is 7. The minimum Gasteiger partial charge on any atom is -0.308 e. The number of aromatic nitrogens is 4. The van der Waals surface area contributed by atoms with Gasteiger partial charge >= 0.3 is 6.03 Å². The van der Waals surface area contributed by atoms with Gasteiger partial charge < -0.3 is 15.1 Å². The summed E-state index contributed by atoms with van der Waals surface area (Å²) in [6.45, 7) is 10.7. The van der Waals surface area contributed by atoms with Crippen LogP contribution in [-0.4, -0.2) is 99.6 Å². The predicted octanol–water partition coefficient (Wildman–Crippen LogP) is 5.90. The molecule has 0 spiro atoms. The van der Waals surface area contributed by atoms with Crippen molar-refractivity contribution in [3.8, 4) is 0 Å². The molecule has 0 atom stereocenters. The molecule has 2 aromatic heterocycles. The fourth-order valence-electron chi connectivity index (χ4n) is 9.21. The third-order valence-electron chi connectivity index (χ3n) is 12.4. The average molecular weight is 919 g/mol. The Morgan fingerprint density at radius 2 is 1.09 bits per heavy atom. The van der Waals surface area contributed by atoms with Gasteiger partial charge in [0.05, 0.1) is 18.8 Å². The molecule has 348 valence electrons. The maximum absolute atomic E-state index is 13.0. The first-order chi connectivity index (χ1) is 30.3. The predicted molar refractivity (Wildman–Crippen MR) is 249 cm³/mol. The van der Waals surface area contributed by atoms with Gasteiger partial charge in [-0.15, -0.1) is 0 Å². The second-order valence-electron chi connectivity index (χ2n) is 18.4. The van der Waals surface area contributed by atoms with Crippen molar-refractivity contribution in [3.63, 3.8) is 0 Å². The molecule has 4 aliphatic rings. The van der Waals surface area contributed by atoms with Crippen LogP contribution >= 0.6 is 0 Å². The van der Waals surface area contributed by atoms with Crippen LogP contribution in [0.2, 0.25) is 0 Å². The number of sulfonamides is 2. The van der Waals surface area contributed by atoms with Crippen LogP contribution in [0.4, 0.5) is 16.2 Å². The molecule has 0 fully saturated rings. The van der Waals surface area contributed by atoms with Crippen LogP contribution in [0, 0.1) is 0 Å². The summed E-state index contributed by atoms with van der Waals surface area (Å²) in [7, 11) is 0.0188. The second-order valence-corrected chi connectivity index (χ2v) is 21.6. The molecule has 18 heteroatoms. The minimum absolute atomic E-state index is 0.0556. The van der Waals surface area contributed by atoms with Crippen LogP contribution in [-0.2, 0) is 89.3 Å². The van der Waals surface area contributed by atoms with Crippen LogP contribution < -0.4 is 15.2 Å². The molecule has 2 aromatic carbocycles. The molecule has 0 saturated heterocycles. The highest BCUT2D eigenvalue weighted by Gasteiger charge is 2.29. The fraction of sp³-hybridized carbons (Fsp3) is 0.565. The number of hydrogen-bond acceptors (Lipinski definition) is 11. The Kier molecular flexibility index (Phi) is 15.7. The van der Waals surface area contributed by atoms with E-state index in [0.717, 1.165) is 111 Å². The number of likely N-dealkylation sites (N-methyl/N-ethyl adjacent to an activating group) is 2. The van der Waals surface area contributed by atoms with E-state index in [2.05, 4.69) is 37.4 Å². The number of rotatable bonds is 13. The van der Waals surface area contributed by atoms with E-state index >= 15 is 0 Å². The van der Waals surface area contributed by atoms with Gasteiger partial charge in [-0.1, -0.05) is 39.8 Å². The lowest BCUT2D eigenvalue weighted by atomic mass is 9.99. The van der Waals surface area contributed by atoms with Crippen molar-refractivity contribution in [2.45, 2.75) is 140 Å². The summed E-state index contributed by atoms with van der Waals surface area (Å²) in [5.41, 5.74) is 13.9. The molecular weight excluding hydrogens is 853 g/mol. The van der Waals surface area contributed by atoms with Gasteiger partial charge in [0.1, 0.15) is 0 Å². The quantitative estimate of drug-likeness (QED) is 0.107. The number of urea groups is 1. The maximum Gasteiger partial charge on any atom is 0.333 e. The number of fused-ring (bicyclic) bond motifs is 4.